The van der Waals surface area contributed by atoms with Crippen molar-refractivity contribution in [3.05, 3.63) is 46.1 Å². The van der Waals surface area contributed by atoms with Crippen LogP contribution in [0.25, 0.3) is 21.3 Å². The molecule has 1 aliphatic rings. The van der Waals surface area contributed by atoms with Crippen molar-refractivity contribution < 1.29 is 4.79 Å². The molecule has 1 N–H and O–H groups in total. The summed E-state index contributed by atoms with van der Waals surface area (Å²) in [5, 5.41) is 3.08. The van der Waals surface area contributed by atoms with Crippen molar-refractivity contribution in [2.75, 3.05) is 0 Å². The molecule has 0 spiro atoms. The lowest BCUT2D eigenvalue weighted by atomic mass is 9.99. The number of fused-ring (bicyclic) bond motifs is 1. The Morgan fingerprint density at radius 1 is 1.17 bits per heavy atom. The highest BCUT2D eigenvalue weighted by molar-refractivity contribution is 8.00. The third-order valence-corrected chi connectivity index (χ3v) is 6.33. The molecule has 122 valence electrons. The second-order valence-corrected chi connectivity index (χ2v) is 7.93. The number of thioether (sulfide) groups is 1. The average Bonchev–Trinajstić information content (AvgIpc) is 3.02. The number of hydrogen-bond donors (Lipinski definition) is 1. The summed E-state index contributed by atoms with van der Waals surface area (Å²) in [5.41, 5.74) is 1.79. The monoisotopic (exact) mass is 356 g/mol. The molecule has 24 heavy (non-hydrogen) atoms. The lowest BCUT2D eigenvalue weighted by Crippen LogP contribution is -2.22. The predicted molar refractivity (Wildman–Crippen MR) is 98.8 cm³/mol. The topological polar surface area (TPSA) is 62.8 Å². The highest BCUT2D eigenvalue weighted by Crippen LogP contribution is 2.33. The fraction of sp³-hybridized carbons (Fsp3) is 0.278. The molecule has 1 aromatic carbocycles. The molecule has 0 amide bonds. The quantitative estimate of drug-likeness (QED) is 0.713. The predicted octanol–water partition coefficient (Wildman–Crippen LogP) is 4.26. The third-order valence-electron chi connectivity index (χ3n) is 4.26. The maximum atomic E-state index is 12.6. The summed E-state index contributed by atoms with van der Waals surface area (Å²) in [6.07, 6.45) is 3.55. The van der Waals surface area contributed by atoms with E-state index in [-0.39, 0.29) is 16.6 Å². The van der Waals surface area contributed by atoms with Crippen molar-refractivity contribution in [3.63, 3.8) is 0 Å². The minimum absolute atomic E-state index is 0.0760. The van der Waals surface area contributed by atoms with Gasteiger partial charge in [-0.05, 0) is 18.4 Å². The Morgan fingerprint density at radius 2 is 2.00 bits per heavy atom. The number of ketones is 1. The molecule has 1 atom stereocenters. The molecular weight excluding hydrogens is 340 g/mol. The largest absolute Gasteiger partial charge is 0.301 e. The van der Waals surface area contributed by atoms with Crippen LogP contribution in [0.3, 0.4) is 0 Å². The summed E-state index contributed by atoms with van der Waals surface area (Å²) in [6.45, 7) is 0. The number of Topliss-reactive ketones (excluding diaryl/α,β-unsaturated/α-hetero) is 1. The average molecular weight is 356 g/mol. The molecule has 1 unspecified atom stereocenters. The van der Waals surface area contributed by atoms with E-state index in [1.807, 2.05) is 35.7 Å². The maximum Gasteiger partial charge on any atom is 0.260 e. The van der Waals surface area contributed by atoms with Gasteiger partial charge in [0.15, 0.2) is 5.16 Å². The SMILES string of the molecule is O=C1CCCCC1Sc1nc2scc(-c3ccccc3)c2c(=O)[nH]1. The van der Waals surface area contributed by atoms with E-state index in [0.29, 0.717) is 17.0 Å². The van der Waals surface area contributed by atoms with Gasteiger partial charge in [0.1, 0.15) is 10.6 Å². The van der Waals surface area contributed by atoms with Crippen molar-refractivity contribution in [2.45, 2.75) is 36.1 Å². The van der Waals surface area contributed by atoms with Gasteiger partial charge < -0.3 is 4.98 Å². The van der Waals surface area contributed by atoms with Crippen LogP contribution in [0.15, 0.2) is 45.7 Å². The van der Waals surface area contributed by atoms with Gasteiger partial charge in [-0.2, -0.15) is 0 Å². The zero-order valence-corrected chi connectivity index (χ0v) is 14.6. The number of thiophene rings is 1. The van der Waals surface area contributed by atoms with Gasteiger partial charge in [0.05, 0.1) is 10.6 Å². The number of rotatable bonds is 3. The lowest BCUT2D eigenvalue weighted by Gasteiger charge is -2.18. The number of nitrogens with one attached hydrogen (secondary N) is 1. The lowest BCUT2D eigenvalue weighted by molar-refractivity contribution is -0.119. The van der Waals surface area contributed by atoms with Gasteiger partial charge in [-0.3, -0.25) is 9.59 Å². The normalized spacial score (nSPS) is 18.2. The molecule has 4 nitrogen and oxygen atoms in total. The van der Waals surface area contributed by atoms with Crippen LogP contribution in [0.5, 0.6) is 0 Å². The summed E-state index contributed by atoms with van der Waals surface area (Å²) in [5.74, 6) is 0.269. The summed E-state index contributed by atoms with van der Waals surface area (Å²) in [4.78, 5) is 32.8. The molecule has 0 aliphatic heterocycles. The first-order valence-corrected chi connectivity index (χ1v) is 9.74. The Morgan fingerprint density at radius 3 is 2.79 bits per heavy atom. The molecular formula is C18H16N2O2S2. The standard InChI is InChI=1S/C18H16N2O2S2/c21-13-8-4-5-9-14(13)24-18-19-16(22)15-12(10-23-17(15)20-18)11-6-2-1-3-7-11/h1-3,6-7,10,14H,4-5,8-9H2,(H,19,20,22). The Balaban J connectivity index is 1.71. The number of nitrogens with zero attached hydrogens (tertiary/aromatic N) is 1. The van der Waals surface area contributed by atoms with Gasteiger partial charge in [-0.25, -0.2) is 4.98 Å². The first kappa shape index (κ1) is 15.6. The van der Waals surface area contributed by atoms with Gasteiger partial charge in [0.2, 0.25) is 0 Å². The second-order valence-electron chi connectivity index (χ2n) is 5.89. The van der Waals surface area contributed by atoms with E-state index < -0.39 is 0 Å². The molecule has 1 fully saturated rings. The molecule has 0 saturated heterocycles. The van der Waals surface area contributed by atoms with E-state index in [0.717, 1.165) is 35.2 Å². The molecule has 6 heteroatoms. The van der Waals surface area contributed by atoms with Crippen molar-refractivity contribution in [1.82, 2.24) is 9.97 Å². The first-order chi connectivity index (χ1) is 11.7. The van der Waals surface area contributed by atoms with Crippen LogP contribution in [0.1, 0.15) is 25.7 Å². The van der Waals surface area contributed by atoms with Crippen LogP contribution in [-0.4, -0.2) is 21.0 Å². The van der Waals surface area contributed by atoms with Crippen LogP contribution >= 0.6 is 23.1 Å². The van der Waals surface area contributed by atoms with Crippen molar-refractivity contribution in [2.24, 2.45) is 0 Å². The number of carbonyl (C=O) groups excluding carboxylic acids is 1. The maximum absolute atomic E-state index is 12.6. The van der Waals surface area contributed by atoms with E-state index in [1.54, 1.807) is 0 Å². The molecule has 3 aromatic rings. The van der Waals surface area contributed by atoms with Crippen molar-refractivity contribution >= 4 is 39.1 Å². The Bertz CT molecular complexity index is 947. The second kappa shape index (κ2) is 6.53. The fourth-order valence-electron chi connectivity index (χ4n) is 3.03. The number of aromatic amines is 1. The Kier molecular flexibility index (Phi) is 4.24. The highest BCUT2D eigenvalue weighted by Gasteiger charge is 2.24. The molecule has 0 radical (unpaired) electrons. The summed E-state index contributed by atoms with van der Waals surface area (Å²) in [6, 6.07) is 9.85. The van der Waals surface area contributed by atoms with Gasteiger partial charge in [-0.1, -0.05) is 48.5 Å². The van der Waals surface area contributed by atoms with Gasteiger partial charge in [0.25, 0.3) is 5.56 Å². The van der Waals surface area contributed by atoms with Crippen molar-refractivity contribution in [3.8, 4) is 11.1 Å². The minimum Gasteiger partial charge on any atom is -0.301 e. The third kappa shape index (κ3) is 2.91. The number of benzene rings is 1. The molecule has 0 bridgehead atoms. The minimum atomic E-state index is -0.133. The van der Waals surface area contributed by atoms with Crippen LogP contribution in [0, 0.1) is 0 Å². The molecule has 1 aliphatic carbocycles. The van der Waals surface area contributed by atoms with Crippen molar-refractivity contribution in [1.29, 1.82) is 0 Å². The van der Waals surface area contributed by atoms with E-state index >= 15 is 0 Å². The zero-order chi connectivity index (χ0) is 16.5. The summed E-state index contributed by atoms with van der Waals surface area (Å²) < 4.78 is 0. The summed E-state index contributed by atoms with van der Waals surface area (Å²) in [7, 11) is 0. The Hall–Kier alpha value is -1.92. The molecule has 2 heterocycles. The number of carbonyl (C=O) groups is 1. The van der Waals surface area contributed by atoms with Crippen LogP contribution in [0.2, 0.25) is 0 Å². The number of H-pyrrole nitrogens is 1. The fourth-order valence-corrected chi connectivity index (χ4v) is 5.13. The zero-order valence-electron chi connectivity index (χ0n) is 13.0. The van der Waals surface area contributed by atoms with Gasteiger partial charge in [-0.15, -0.1) is 11.3 Å². The molecule has 4 rings (SSSR count). The van der Waals surface area contributed by atoms with Gasteiger partial charge >= 0.3 is 0 Å². The van der Waals surface area contributed by atoms with E-state index in [9.17, 15) is 9.59 Å². The van der Waals surface area contributed by atoms with Crippen LogP contribution < -0.4 is 5.56 Å². The number of aromatic nitrogens is 2. The smallest absolute Gasteiger partial charge is 0.260 e. The molecule has 2 aromatic heterocycles. The first-order valence-electron chi connectivity index (χ1n) is 7.98. The van der Waals surface area contributed by atoms with E-state index in [2.05, 4.69) is 9.97 Å². The molecule has 1 saturated carbocycles. The van der Waals surface area contributed by atoms with Gasteiger partial charge in [0, 0.05) is 17.4 Å². The number of hydrogen-bond acceptors (Lipinski definition) is 5. The van der Waals surface area contributed by atoms with Crippen LogP contribution in [-0.2, 0) is 4.79 Å². The summed E-state index contributed by atoms with van der Waals surface area (Å²) >= 11 is 2.87. The Labute approximate surface area is 147 Å². The highest BCUT2D eigenvalue weighted by atomic mass is 32.2. The van der Waals surface area contributed by atoms with Crippen LogP contribution in [0.4, 0.5) is 0 Å². The van der Waals surface area contributed by atoms with E-state index in [1.165, 1.54) is 23.1 Å². The van der Waals surface area contributed by atoms with E-state index in [4.69, 9.17) is 0 Å².